The Morgan fingerprint density at radius 3 is 2.74 bits per heavy atom. The number of anilines is 2. The monoisotopic (exact) mass is 419 g/mol. The number of nitrogen functional groups attached to an aromatic ring is 2. The van der Waals surface area contributed by atoms with E-state index in [9.17, 15) is 5.11 Å². The molecule has 0 radical (unpaired) electrons. The molecule has 160 valence electrons. The largest absolute Gasteiger partial charge is 0.436 e. The van der Waals surface area contributed by atoms with Gasteiger partial charge in [0.05, 0.1) is 29.6 Å². The topological polar surface area (TPSA) is 132 Å². The third-order valence-electron chi connectivity index (χ3n) is 5.93. The highest BCUT2D eigenvalue weighted by atomic mass is 16.3. The van der Waals surface area contributed by atoms with Crippen molar-refractivity contribution < 1.29 is 9.52 Å². The number of benzene rings is 1. The zero-order valence-corrected chi connectivity index (χ0v) is 17.3. The lowest BCUT2D eigenvalue weighted by Crippen LogP contribution is -2.31. The molecule has 0 bridgehead atoms. The van der Waals surface area contributed by atoms with Gasteiger partial charge in [-0.15, -0.1) is 0 Å². The number of pyridine rings is 1. The van der Waals surface area contributed by atoms with Crippen LogP contribution in [0.15, 0.2) is 41.1 Å². The SMILES string of the molecule is CN1CCC(n2cc(-c3cnc(N)c(-c4nc5c(N)cccc5o4)c3)c(CO)n2)CC1. The van der Waals surface area contributed by atoms with Gasteiger partial charge in [0.25, 0.3) is 0 Å². The van der Waals surface area contributed by atoms with E-state index >= 15 is 0 Å². The quantitative estimate of drug-likeness (QED) is 0.430. The van der Waals surface area contributed by atoms with Gasteiger partial charge in [-0.2, -0.15) is 5.10 Å². The molecule has 1 fully saturated rings. The van der Waals surface area contributed by atoms with Gasteiger partial charge in [-0.25, -0.2) is 9.97 Å². The molecular formula is C22H25N7O2. The molecule has 1 aromatic carbocycles. The second-order valence-corrected chi connectivity index (χ2v) is 8.03. The maximum absolute atomic E-state index is 9.93. The summed E-state index contributed by atoms with van der Waals surface area (Å²) in [5.74, 6) is 0.662. The Hall–Kier alpha value is -3.43. The molecule has 1 saturated heterocycles. The van der Waals surface area contributed by atoms with Gasteiger partial charge in [0.15, 0.2) is 5.58 Å². The van der Waals surface area contributed by atoms with Crippen LogP contribution >= 0.6 is 0 Å². The summed E-state index contributed by atoms with van der Waals surface area (Å²) >= 11 is 0. The maximum Gasteiger partial charge on any atom is 0.231 e. The number of oxazole rings is 1. The van der Waals surface area contributed by atoms with Crippen molar-refractivity contribution in [1.29, 1.82) is 0 Å². The zero-order chi connectivity index (χ0) is 21.5. The number of para-hydroxylation sites is 1. The highest BCUT2D eigenvalue weighted by molar-refractivity contribution is 5.88. The molecule has 1 aliphatic heterocycles. The summed E-state index contributed by atoms with van der Waals surface area (Å²) in [5, 5.41) is 14.6. The average molecular weight is 419 g/mol. The predicted molar refractivity (Wildman–Crippen MR) is 119 cm³/mol. The molecule has 9 heteroatoms. The van der Waals surface area contributed by atoms with Crippen molar-refractivity contribution in [3.8, 4) is 22.6 Å². The van der Waals surface area contributed by atoms with Crippen molar-refractivity contribution in [3.63, 3.8) is 0 Å². The third-order valence-corrected chi connectivity index (χ3v) is 5.93. The van der Waals surface area contributed by atoms with Gasteiger partial charge in [-0.1, -0.05) is 6.07 Å². The molecule has 0 amide bonds. The molecule has 9 nitrogen and oxygen atoms in total. The van der Waals surface area contributed by atoms with Crippen molar-refractivity contribution in [2.75, 3.05) is 31.6 Å². The molecule has 31 heavy (non-hydrogen) atoms. The fraction of sp³-hybridized carbons (Fsp3) is 0.318. The van der Waals surface area contributed by atoms with E-state index in [-0.39, 0.29) is 6.61 Å². The van der Waals surface area contributed by atoms with E-state index in [4.69, 9.17) is 15.9 Å². The van der Waals surface area contributed by atoms with Crippen LogP contribution in [-0.4, -0.2) is 49.9 Å². The highest BCUT2D eigenvalue weighted by Crippen LogP contribution is 2.34. The van der Waals surface area contributed by atoms with Crippen molar-refractivity contribution in [2.45, 2.75) is 25.5 Å². The van der Waals surface area contributed by atoms with Gasteiger partial charge in [-0.05, 0) is 51.2 Å². The van der Waals surface area contributed by atoms with Crippen LogP contribution in [0.25, 0.3) is 33.7 Å². The molecule has 1 aliphatic rings. The summed E-state index contributed by atoms with van der Waals surface area (Å²) in [6.07, 6.45) is 5.73. The highest BCUT2D eigenvalue weighted by Gasteiger charge is 2.22. The second-order valence-electron chi connectivity index (χ2n) is 8.03. The van der Waals surface area contributed by atoms with Gasteiger partial charge in [0, 0.05) is 23.5 Å². The van der Waals surface area contributed by atoms with Crippen molar-refractivity contribution >= 4 is 22.6 Å². The molecular weight excluding hydrogens is 394 g/mol. The third kappa shape index (κ3) is 3.51. The predicted octanol–water partition coefficient (Wildman–Crippen LogP) is 2.68. The molecule has 0 spiro atoms. The van der Waals surface area contributed by atoms with Crippen LogP contribution in [0.5, 0.6) is 0 Å². The standard InChI is InChI=1S/C22H25N7O2/c1-28-7-5-14(6-8-28)29-11-16(18(12-30)27-29)13-9-15(21(24)25-10-13)22-26-20-17(23)3-2-4-19(20)31-22/h2-4,9-11,14,30H,5-8,12,23H2,1H3,(H2,24,25). The van der Waals surface area contributed by atoms with E-state index in [2.05, 4.69) is 27.0 Å². The van der Waals surface area contributed by atoms with Gasteiger partial charge in [0.1, 0.15) is 11.3 Å². The number of hydrogen-bond acceptors (Lipinski definition) is 8. The van der Waals surface area contributed by atoms with Crippen LogP contribution in [0.2, 0.25) is 0 Å². The van der Waals surface area contributed by atoms with Gasteiger partial charge >= 0.3 is 0 Å². The summed E-state index contributed by atoms with van der Waals surface area (Å²) in [6.45, 7) is 1.90. The molecule has 0 saturated carbocycles. The summed E-state index contributed by atoms with van der Waals surface area (Å²) in [6, 6.07) is 7.59. The van der Waals surface area contributed by atoms with Crippen LogP contribution in [0.4, 0.5) is 11.5 Å². The Kier molecular flexibility index (Phi) is 4.84. The lowest BCUT2D eigenvalue weighted by molar-refractivity contribution is 0.210. The van der Waals surface area contributed by atoms with Gasteiger partial charge in [0.2, 0.25) is 5.89 Å². The molecule has 0 unspecified atom stereocenters. The van der Waals surface area contributed by atoms with Gasteiger partial charge < -0.3 is 25.9 Å². The van der Waals surface area contributed by atoms with E-state index in [1.54, 1.807) is 12.3 Å². The molecule has 0 aliphatic carbocycles. The van der Waals surface area contributed by atoms with E-state index in [0.717, 1.165) is 37.1 Å². The van der Waals surface area contributed by atoms with E-state index in [1.807, 2.05) is 29.1 Å². The van der Waals surface area contributed by atoms with Crippen molar-refractivity contribution in [1.82, 2.24) is 24.6 Å². The minimum absolute atomic E-state index is 0.159. The number of likely N-dealkylation sites (tertiary alicyclic amines) is 1. The normalized spacial score (nSPS) is 15.7. The van der Waals surface area contributed by atoms with Crippen molar-refractivity contribution in [3.05, 3.63) is 42.4 Å². The van der Waals surface area contributed by atoms with E-state index < -0.39 is 0 Å². The minimum Gasteiger partial charge on any atom is -0.436 e. The Bertz CT molecular complexity index is 1240. The fourth-order valence-electron chi connectivity index (χ4n) is 4.11. The van der Waals surface area contributed by atoms with E-state index in [1.165, 1.54) is 0 Å². The lowest BCUT2D eigenvalue weighted by atomic mass is 10.0. The second kappa shape index (κ2) is 7.68. The molecule has 3 aromatic heterocycles. The van der Waals surface area contributed by atoms with Crippen LogP contribution in [0, 0.1) is 0 Å². The first-order valence-electron chi connectivity index (χ1n) is 10.3. The van der Waals surface area contributed by atoms with Crippen LogP contribution in [0.1, 0.15) is 24.6 Å². The number of aromatic nitrogens is 4. The lowest BCUT2D eigenvalue weighted by Gasteiger charge is -2.29. The number of piperidine rings is 1. The summed E-state index contributed by atoms with van der Waals surface area (Å²) in [4.78, 5) is 11.2. The summed E-state index contributed by atoms with van der Waals surface area (Å²) in [5.41, 5.74) is 16.7. The molecule has 5 N–H and O–H groups in total. The van der Waals surface area contributed by atoms with Crippen LogP contribution in [0.3, 0.4) is 0 Å². The number of fused-ring (bicyclic) bond motifs is 1. The van der Waals surface area contributed by atoms with Crippen LogP contribution in [-0.2, 0) is 6.61 Å². The Labute approximate surface area is 179 Å². The smallest absolute Gasteiger partial charge is 0.231 e. The number of nitrogens with two attached hydrogens (primary N) is 2. The zero-order valence-electron chi connectivity index (χ0n) is 17.3. The first-order valence-corrected chi connectivity index (χ1v) is 10.3. The van der Waals surface area contributed by atoms with Crippen molar-refractivity contribution in [2.24, 2.45) is 0 Å². The van der Waals surface area contributed by atoms with Gasteiger partial charge in [-0.3, -0.25) is 4.68 Å². The first kappa shape index (κ1) is 19.5. The molecule has 5 rings (SSSR count). The van der Waals surface area contributed by atoms with Crippen LogP contribution < -0.4 is 11.5 Å². The number of nitrogens with zero attached hydrogens (tertiary/aromatic N) is 5. The Morgan fingerprint density at radius 1 is 1.19 bits per heavy atom. The first-order chi connectivity index (χ1) is 15.0. The average Bonchev–Trinajstić information content (AvgIpc) is 3.40. The number of aliphatic hydroxyl groups excluding tert-OH is 1. The molecule has 0 atom stereocenters. The molecule has 4 heterocycles. The number of aliphatic hydroxyl groups is 1. The molecule has 4 aromatic rings. The number of hydrogen-bond donors (Lipinski definition) is 3. The summed E-state index contributed by atoms with van der Waals surface area (Å²) in [7, 11) is 2.13. The fourth-order valence-corrected chi connectivity index (χ4v) is 4.11. The number of rotatable bonds is 4. The Balaban J connectivity index is 1.55. The van der Waals surface area contributed by atoms with E-state index in [0.29, 0.717) is 45.8 Å². The maximum atomic E-state index is 9.93. The summed E-state index contributed by atoms with van der Waals surface area (Å²) < 4.78 is 7.86. The Morgan fingerprint density at radius 2 is 2.00 bits per heavy atom. The minimum atomic E-state index is -0.159.